The summed E-state index contributed by atoms with van der Waals surface area (Å²) in [4.78, 5) is 9.44. The maximum atomic E-state index is 5.85. The van der Waals surface area contributed by atoms with E-state index in [0.717, 1.165) is 104 Å². The maximum absolute atomic E-state index is 5.85. The van der Waals surface area contributed by atoms with Crippen LogP contribution in [0.25, 0.3) is 0 Å². The van der Waals surface area contributed by atoms with Crippen LogP contribution in [-0.2, 0) is 14.2 Å². The normalized spacial score (nSPS) is 25.9. The van der Waals surface area contributed by atoms with Crippen LogP contribution < -0.4 is 5.32 Å². The number of hydrogen-bond acceptors (Lipinski definition) is 5. The second-order valence-corrected chi connectivity index (χ2v) is 7.97. The van der Waals surface area contributed by atoms with Crippen LogP contribution in [0.2, 0.25) is 0 Å². The third kappa shape index (κ3) is 7.22. The molecule has 0 radical (unpaired) electrons. The van der Waals surface area contributed by atoms with Gasteiger partial charge in [-0.05, 0) is 37.5 Å². The molecule has 0 spiro atoms. The second-order valence-electron chi connectivity index (χ2n) is 7.97. The topological polar surface area (TPSA) is 58.6 Å². The Morgan fingerprint density at radius 1 is 1.04 bits per heavy atom. The van der Waals surface area contributed by atoms with Crippen LogP contribution in [0.1, 0.15) is 25.7 Å². The van der Waals surface area contributed by atoms with Gasteiger partial charge < -0.3 is 24.4 Å². The van der Waals surface area contributed by atoms with Gasteiger partial charge >= 0.3 is 0 Å². The molecular formula is C20H38N4O3. The molecule has 0 saturated carbocycles. The summed E-state index contributed by atoms with van der Waals surface area (Å²) >= 11 is 0. The van der Waals surface area contributed by atoms with Gasteiger partial charge in [0.2, 0.25) is 0 Å². The lowest BCUT2D eigenvalue weighted by Gasteiger charge is -2.29. The largest absolute Gasteiger partial charge is 0.381 e. The summed E-state index contributed by atoms with van der Waals surface area (Å²) in [7, 11) is 1.89. The molecule has 3 heterocycles. The van der Waals surface area contributed by atoms with Crippen LogP contribution in [0, 0.1) is 11.8 Å². The summed E-state index contributed by atoms with van der Waals surface area (Å²) in [6.07, 6.45) is 4.57. The van der Waals surface area contributed by atoms with Crippen LogP contribution in [0.5, 0.6) is 0 Å². The highest BCUT2D eigenvalue weighted by molar-refractivity contribution is 5.80. The average molecular weight is 383 g/mol. The van der Waals surface area contributed by atoms with Crippen molar-refractivity contribution < 1.29 is 14.2 Å². The summed E-state index contributed by atoms with van der Waals surface area (Å²) in [6, 6.07) is 0. The Bertz CT molecular complexity index is 437. The number of nitrogens with zero attached hydrogens (tertiary/aromatic N) is 3. The molecule has 0 bridgehead atoms. The monoisotopic (exact) mass is 382 g/mol. The van der Waals surface area contributed by atoms with Crippen molar-refractivity contribution in [2.45, 2.75) is 25.7 Å². The lowest BCUT2D eigenvalue weighted by atomic mass is 10.0. The van der Waals surface area contributed by atoms with Crippen LogP contribution in [0.15, 0.2) is 4.99 Å². The highest BCUT2D eigenvalue weighted by atomic mass is 16.5. The number of ether oxygens (including phenoxy) is 3. The van der Waals surface area contributed by atoms with E-state index in [0.29, 0.717) is 5.92 Å². The predicted octanol–water partition coefficient (Wildman–Crippen LogP) is 1.05. The molecule has 1 unspecified atom stereocenters. The molecule has 1 atom stereocenters. The number of hydrogen-bond donors (Lipinski definition) is 1. The molecule has 0 aliphatic carbocycles. The van der Waals surface area contributed by atoms with Crippen LogP contribution in [-0.4, -0.2) is 102 Å². The molecule has 3 aliphatic rings. The number of morpholine rings is 1. The van der Waals surface area contributed by atoms with Crippen LogP contribution in [0.4, 0.5) is 0 Å². The van der Waals surface area contributed by atoms with Gasteiger partial charge in [-0.25, -0.2) is 0 Å². The third-order valence-corrected chi connectivity index (χ3v) is 5.86. The number of rotatable bonds is 8. The van der Waals surface area contributed by atoms with Gasteiger partial charge in [-0.2, -0.15) is 0 Å². The summed E-state index contributed by atoms with van der Waals surface area (Å²) in [5.74, 6) is 2.47. The van der Waals surface area contributed by atoms with E-state index in [1.807, 2.05) is 7.05 Å². The molecule has 156 valence electrons. The molecule has 27 heavy (non-hydrogen) atoms. The summed E-state index contributed by atoms with van der Waals surface area (Å²) in [5.41, 5.74) is 0. The van der Waals surface area contributed by atoms with Gasteiger partial charge in [0.25, 0.3) is 0 Å². The highest BCUT2D eigenvalue weighted by Crippen LogP contribution is 2.18. The van der Waals surface area contributed by atoms with Crippen LogP contribution >= 0.6 is 0 Å². The molecule has 7 nitrogen and oxygen atoms in total. The van der Waals surface area contributed by atoms with Gasteiger partial charge in [0.1, 0.15) is 0 Å². The van der Waals surface area contributed by atoms with E-state index in [1.165, 1.54) is 13.0 Å². The number of aliphatic imine (C=N–C) groups is 1. The average Bonchev–Trinajstić information content (AvgIpc) is 3.17. The zero-order valence-electron chi connectivity index (χ0n) is 17.0. The van der Waals surface area contributed by atoms with Gasteiger partial charge in [-0.1, -0.05) is 0 Å². The Labute approximate surface area is 164 Å². The van der Waals surface area contributed by atoms with E-state index >= 15 is 0 Å². The Morgan fingerprint density at radius 2 is 1.81 bits per heavy atom. The highest BCUT2D eigenvalue weighted by Gasteiger charge is 2.26. The van der Waals surface area contributed by atoms with Gasteiger partial charge in [-0.3, -0.25) is 9.89 Å². The fourth-order valence-corrected chi connectivity index (χ4v) is 4.19. The van der Waals surface area contributed by atoms with Gasteiger partial charge in [0.15, 0.2) is 5.96 Å². The van der Waals surface area contributed by atoms with Gasteiger partial charge in [0.05, 0.1) is 13.2 Å². The molecule has 1 N–H and O–H groups in total. The molecule has 7 heteroatoms. The van der Waals surface area contributed by atoms with Crippen LogP contribution in [0.3, 0.4) is 0 Å². The predicted molar refractivity (Wildman–Crippen MR) is 107 cm³/mol. The first-order valence-electron chi connectivity index (χ1n) is 10.8. The minimum absolute atomic E-state index is 0.687. The van der Waals surface area contributed by atoms with Crippen molar-refractivity contribution in [3.63, 3.8) is 0 Å². The first-order chi connectivity index (χ1) is 13.3. The standard InChI is InChI=1S/C20H38N4O3/c1-21-20(22-6-2-10-27-17-18-4-11-25-12-5-18)24-7-3-19(16-24)15-23-8-13-26-14-9-23/h18-19H,2-17H2,1H3,(H,21,22). The van der Waals surface area contributed by atoms with Crippen molar-refractivity contribution in [1.29, 1.82) is 0 Å². The van der Waals surface area contributed by atoms with E-state index in [1.54, 1.807) is 0 Å². The van der Waals surface area contributed by atoms with Crippen molar-refractivity contribution in [3.8, 4) is 0 Å². The number of nitrogens with one attached hydrogen (secondary N) is 1. The van der Waals surface area contributed by atoms with Crippen molar-refractivity contribution in [2.75, 3.05) is 86.0 Å². The van der Waals surface area contributed by atoms with Gasteiger partial charge in [-0.15, -0.1) is 0 Å². The summed E-state index contributed by atoms with van der Waals surface area (Å²) in [6.45, 7) is 11.8. The first-order valence-corrected chi connectivity index (χ1v) is 10.8. The fourth-order valence-electron chi connectivity index (χ4n) is 4.19. The van der Waals surface area contributed by atoms with Crippen molar-refractivity contribution in [2.24, 2.45) is 16.8 Å². The Morgan fingerprint density at radius 3 is 2.59 bits per heavy atom. The molecule has 0 aromatic heterocycles. The van der Waals surface area contributed by atoms with Crippen molar-refractivity contribution >= 4 is 5.96 Å². The Balaban J connectivity index is 1.25. The lowest BCUT2D eigenvalue weighted by Crippen LogP contribution is -2.42. The second kappa shape index (κ2) is 11.8. The minimum atomic E-state index is 0.687. The fraction of sp³-hybridized carbons (Fsp3) is 0.950. The maximum Gasteiger partial charge on any atom is 0.193 e. The molecule has 3 rings (SSSR count). The molecular weight excluding hydrogens is 344 g/mol. The quantitative estimate of drug-likeness (QED) is 0.385. The van der Waals surface area contributed by atoms with E-state index in [9.17, 15) is 0 Å². The minimum Gasteiger partial charge on any atom is -0.381 e. The zero-order valence-corrected chi connectivity index (χ0v) is 17.0. The Hall–Kier alpha value is -0.890. The van der Waals surface area contributed by atoms with Gasteiger partial charge in [0, 0.05) is 72.7 Å². The molecule has 3 fully saturated rings. The number of likely N-dealkylation sites (tertiary alicyclic amines) is 1. The van der Waals surface area contributed by atoms with E-state index in [-0.39, 0.29) is 0 Å². The molecule has 3 saturated heterocycles. The molecule has 0 aromatic rings. The molecule has 0 amide bonds. The summed E-state index contributed by atoms with van der Waals surface area (Å²) < 4.78 is 16.7. The SMILES string of the molecule is CN=C(NCCCOCC1CCOCC1)N1CCC(CN2CCOCC2)C1. The lowest BCUT2D eigenvalue weighted by molar-refractivity contribution is 0.0203. The first kappa shape index (κ1) is 20.8. The number of guanidine groups is 1. The van der Waals surface area contributed by atoms with E-state index in [4.69, 9.17) is 14.2 Å². The van der Waals surface area contributed by atoms with Crippen molar-refractivity contribution in [3.05, 3.63) is 0 Å². The third-order valence-electron chi connectivity index (χ3n) is 5.86. The van der Waals surface area contributed by atoms with Crippen molar-refractivity contribution in [1.82, 2.24) is 15.1 Å². The van der Waals surface area contributed by atoms with E-state index < -0.39 is 0 Å². The molecule has 0 aromatic carbocycles. The summed E-state index contributed by atoms with van der Waals surface area (Å²) in [5, 5.41) is 3.52. The Kier molecular flexibility index (Phi) is 9.14. The zero-order chi connectivity index (χ0) is 18.7. The smallest absolute Gasteiger partial charge is 0.193 e. The molecule has 3 aliphatic heterocycles. The van der Waals surface area contributed by atoms with E-state index in [2.05, 4.69) is 20.1 Å².